The van der Waals surface area contributed by atoms with Gasteiger partial charge in [-0.1, -0.05) is 30.3 Å². The molecule has 1 aliphatic rings. The molecule has 3 aromatic rings. The van der Waals surface area contributed by atoms with Crippen molar-refractivity contribution in [3.63, 3.8) is 0 Å². The number of hydrogen-bond donors (Lipinski definition) is 1. The third-order valence-electron chi connectivity index (χ3n) is 4.87. The lowest BCUT2D eigenvalue weighted by atomic mass is 10.1. The topological polar surface area (TPSA) is 42.3 Å². The zero-order chi connectivity index (χ0) is 17.8. The fraction of sp³-hybridized carbons (Fsp3) is 0.286. The molecular formula is C21H24N4O. The van der Waals surface area contributed by atoms with Crippen molar-refractivity contribution in [1.82, 2.24) is 14.5 Å². The Labute approximate surface area is 154 Å². The Morgan fingerprint density at radius 3 is 2.62 bits per heavy atom. The number of benzene rings is 2. The van der Waals surface area contributed by atoms with Crippen molar-refractivity contribution in [2.75, 3.05) is 25.5 Å². The second-order valence-corrected chi connectivity index (χ2v) is 6.59. The van der Waals surface area contributed by atoms with Crippen LogP contribution in [0.5, 0.6) is 5.75 Å². The number of fused-ring (bicyclic) bond motifs is 1. The highest BCUT2D eigenvalue weighted by molar-refractivity contribution is 5.53. The highest BCUT2D eigenvalue weighted by atomic mass is 16.5. The van der Waals surface area contributed by atoms with Crippen LogP contribution in [0.4, 0.5) is 11.6 Å². The van der Waals surface area contributed by atoms with E-state index in [1.165, 1.54) is 11.3 Å². The number of para-hydroxylation sites is 1. The number of anilines is 2. The molecule has 5 nitrogen and oxygen atoms in total. The molecule has 2 aromatic carbocycles. The number of aromatic nitrogens is 2. The minimum atomic E-state index is 0.911. The predicted octanol–water partition coefficient (Wildman–Crippen LogP) is 3.69. The largest absolute Gasteiger partial charge is 0.497 e. The van der Waals surface area contributed by atoms with Crippen molar-refractivity contribution < 1.29 is 4.74 Å². The number of ether oxygens (including phenoxy) is 1. The van der Waals surface area contributed by atoms with Gasteiger partial charge in [0.1, 0.15) is 5.75 Å². The molecule has 134 valence electrons. The lowest BCUT2D eigenvalue weighted by Crippen LogP contribution is -2.35. The van der Waals surface area contributed by atoms with Crippen molar-refractivity contribution in [1.29, 1.82) is 0 Å². The quantitative estimate of drug-likeness (QED) is 0.738. The minimum Gasteiger partial charge on any atom is -0.497 e. The molecule has 0 fully saturated rings. The summed E-state index contributed by atoms with van der Waals surface area (Å²) < 4.78 is 7.51. The number of methoxy groups -OCH3 is 1. The van der Waals surface area contributed by atoms with Gasteiger partial charge in [0.15, 0.2) is 0 Å². The van der Waals surface area contributed by atoms with Gasteiger partial charge in [-0.25, -0.2) is 4.98 Å². The first-order valence-corrected chi connectivity index (χ1v) is 9.03. The molecule has 5 heteroatoms. The van der Waals surface area contributed by atoms with E-state index in [0.29, 0.717) is 0 Å². The first-order chi connectivity index (χ1) is 12.8. The average Bonchev–Trinajstić information content (AvgIpc) is 3.09. The van der Waals surface area contributed by atoms with E-state index in [0.717, 1.165) is 50.0 Å². The van der Waals surface area contributed by atoms with Crippen molar-refractivity contribution in [2.45, 2.75) is 19.5 Å². The number of rotatable bonds is 6. The molecule has 26 heavy (non-hydrogen) atoms. The molecule has 0 radical (unpaired) electrons. The summed E-state index contributed by atoms with van der Waals surface area (Å²) in [6.07, 6.45) is 3.04. The number of imidazole rings is 1. The van der Waals surface area contributed by atoms with Gasteiger partial charge >= 0.3 is 0 Å². The van der Waals surface area contributed by atoms with Gasteiger partial charge in [0.2, 0.25) is 5.95 Å². The van der Waals surface area contributed by atoms with Gasteiger partial charge in [-0.3, -0.25) is 4.90 Å². The third kappa shape index (κ3) is 3.73. The maximum atomic E-state index is 5.22. The molecule has 1 N–H and O–H groups in total. The lowest BCUT2D eigenvalue weighted by Gasteiger charge is -2.28. The van der Waals surface area contributed by atoms with E-state index in [-0.39, 0.29) is 0 Å². The van der Waals surface area contributed by atoms with Crippen molar-refractivity contribution >= 4 is 11.6 Å². The SMILES string of the molecule is COc1ccc(CCN2CCn3c(cnc3Nc3ccccc3)C2)cc1. The van der Waals surface area contributed by atoms with E-state index in [1.54, 1.807) is 7.11 Å². The van der Waals surface area contributed by atoms with Crippen molar-refractivity contribution in [3.05, 3.63) is 72.1 Å². The summed E-state index contributed by atoms with van der Waals surface area (Å²) in [4.78, 5) is 7.07. The Bertz CT molecular complexity index is 842. The Morgan fingerprint density at radius 2 is 1.85 bits per heavy atom. The summed E-state index contributed by atoms with van der Waals surface area (Å²) in [5, 5.41) is 3.42. The smallest absolute Gasteiger partial charge is 0.207 e. The number of nitrogens with one attached hydrogen (secondary N) is 1. The summed E-state index contributed by atoms with van der Waals surface area (Å²) in [6.45, 7) is 4.01. The van der Waals surface area contributed by atoms with E-state index in [1.807, 2.05) is 36.5 Å². The van der Waals surface area contributed by atoms with Crippen LogP contribution in [-0.2, 0) is 19.5 Å². The summed E-state index contributed by atoms with van der Waals surface area (Å²) in [5.41, 5.74) is 3.68. The second-order valence-electron chi connectivity index (χ2n) is 6.59. The second kappa shape index (κ2) is 7.62. The van der Waals surface area contributed by atoms with Gasteiger partial charge in [0.05, 0.1) is 19.0 Å². The van der Waals surface area contributed by atoms with Gasteiger partial charge in [0, 0.05) is 31.9 Å². The van der Waals surface area contributed by atoms with Crippen LogP contribution in [0.3, 0.4) is 0 Å². The van der Waals surface area contributed by atoms with E-state index in [4.69, 9.17) is 4.74 Å². The summed E-state index contributed by atoms with van der Waals surface area (Å²) in [5.74, 6) is 1.84. The van der Waals surface area contributed by atoms with Crippen molar-refractivity contribution in [3.8, 4) is 5.75 Å². The Hall–Kier alpha value is -2.79. The molecule has 4 rings (SSSR count). The normalized spacial score (nSPS) is 14.0. The van der Waals surface area contributed by atoms with E-state index in [2.05, 4.69) is 44.0 Å². The van der Waals surface area contributed by atoms with Crippen LogP contribution in [0.1, 0.15) is 11.3 Å². The van der Waals surface area contributed by atoms with Crippen LogP contribution in [0.25, 0.3) is 0 Å². The Kier molecular flexibility index (Phi) is 4.88. The predicted molar refractivity (Wildman–Crippen MR) is 104 cm³/mol. The molecular weight excluding hydrogens is 324 g/mol. The summed E-state index contributed by atoms with van der Waals surface area (Å²) in [6, 6.07) is 18.6. The molecule has 0 saturated carbocycles. The van der Waals surface area contributed by atoms with Crippen molar-refractivity contribution in [2.24, 2.45) is 0 Å². The molecule has 1 aromatic heterocycles. The zero-order valence-electron chi connectivity index (χ0n) is 15.1. The van der Waals surface area contributed by atoms with E-state index >= 15 is 0 Å². The van der Waals surface area contributed by atoms with Crippen LogP contribution in [0.2, 0.25) is 0 Å². The molecule has 0 amide bonds. The molecule has 0 atom stereocenters. The average molecular weight is 348 g/mol. The van der Waals surface area contributed by atoms with Crippen LogP contribution >= 0.6 is 0 Å². The standard InChI is InChI=1S/C21H24N4O/c1-26-20-9-7-17(8-10-20)11-12-24-13-14-25-19(16-24)15-22-21(25)23-18-5-3-2-4-6-18/h2-10,15H,11-14,16H2,1H3,(H,22,23). The number of hydrogen-bond acceptors (Lipinski definition) is 4. The Morgan fingerprint density at radius 1 is 1.04 bits per heavy atom. The van der Waals surface area contributed by atoms with Crippen LogP contribution in [-0.4, -0.2) is 34.7 Å². The molecule has 0 unspecified atom stereocenters. The molecule has 0 aliphatic carbocycles. The van der Waals surface area contributed by atoms with E-state index in [9.17, 15) is 0 Å². The van der Waals surface area contributed by atoms with Crippen LogP contribution in [0, 0.1) is 0 Å². The van der Waals surface area contributed by atoms with Gasteiger partial charge in [-0.05, 0) is 36.2 Å². The Balaban J connectivity index is 1.36. The lowest BCUT2D eigenvalue weighted by molar-refractivity contribution is 0.225. The highest BCUT2D eigenvalue weighted by Gasteiger charge is 2.19. The monoisotopic (exact) mass is 348 g/mol. The third-order valence-corrected chi connectivity index (χ3v) is 4.87. The first kappa shape index (κ1) is 16.7. The molecule has 0 spiro atoms. The van der Waals surface area contributed by atoms with E-state index < -0.39 is 0 Å². The first-order valence-electron chi connectivity index (χ1n) is 9.03. The van der Waals surface area contributed by atoms with Gasteiger partial charge < -0.3 is 14.6 Å². The highest BCUT2D eigenvalue weighted by Crippen LogP contribution is 2.21. The number of nitrogens with zero attached hydrogens (tertiary/aromatic N) is 3. The zero-order valence-corrected chi connectivity index (χ0v) is 15.1. The maximum absolute atomic E-state index is 5.22. The summed E-state index contributed by atoms with van der Waals surface area (Å²) in [7, 11) is 1.70. The molecule has 0 bridgehead atoms. The van der Waals surface area contributed by atoms with Gasteiger partial charge in [0.25, 0.3) is 0 Å². The van der Waals surface area contributed by atoms with Crippen LogP contribution < -0.4 is 10.1 Å². The molecule has 0 saturated heterocycles. The van der Waals surface area contributed by atoms with Gasteiger partial charge in [-0.2, -0.15) is 0 Å². The maximum Gasteiger partial charge on any atom is 0.207 e. The molecule has 2 heterocycles. The minimum absolute atomic E-state index is 0.911. The fourth-order valence-corrected chi connectivity index (χ4v) is 3.36. The fourth-order valence-electron chi connectivity index (χ4n) is 3.36. The summed E-state index contributed by atoms with van der Waals surface area (Å²) >= 11 is 0. The molecule has 1 aliphatic heterocycles. The van der Waals surface area contributed by atoms with Crippen LogP contribution in [0.15, 0.2) is 60.8 Å². The van der Waals surface area contributed by atoms with Gasteiger partial charge in [-0.15, -0.1) is 0 Å².